The van der Waals surface area contributed by atoms with Gasteiger partial charge in [-0.3, -0.25) is 0 Å². The fourth-order valence-electron chi connectivity index (χ4n) is 1.04. The monoisotopic (exact) mass is 217 g/mol. The molecule has 0 spiro atoms. The molecule has 0 aromatic heterocycles. The van der Waals surface area contributed by atoms with E-state index in [1.807, 2.05) is 6.92 Å². The van der Waals surface area contributed by atoms with Crippen molar-refractivity contribution in [3.05, 3.63) is 29.8 Å². The molecule has 0 heterocycles. The lowest BCUT2D eigenvalue weighted by Crippen LogP contribution is -2.15. The Labute approximate surface area is 86.7 Å². The van der Waals surface area contributed by atoms with Crippen LogP contribution in [-0.4, -0.2) is 11.8 Å². The summed E-state index contributed by atoms with van der Waals surface area (Å²) in [5, 5.41) is 0.264. The van der Waals surface area contributed by atoms with Crippen LogP contribution in [0.25, 0.3) is 0 Å². The molecule has 1 unspecified atom stereocenters. The second-order valence-electron chi connectivity index (χ2n) is 2.96. The van der Waals surface area contributed by atoms with Crippen molar-refractivity contribution in [2.24, 2.45) is 5.73 Å². The SMILES string of the molecule is CCC(CN)Sc1ccc(F)c(F)c1. The topological polar surface area (TPSA) is 26.0 Å². The first kappa shape index (κ1) is 11.5. The van der Waals surface area contributed by atoms with Crippen LogP contribution in [0.1, 0.15) is 13.3 Å². The van der Waals surface area contributed by atoms with Gasteiger partial charge in [-0.05, 0) is 24.6 Å². The summed E-state index contributed by atoms with van der Waals surface area (Å²) in [6.07, 6.45) is 0.917. The summed E-state index contributed by atoms with van der Waals surface area (Å²) in [6, 6.07) is 3.92. The lowest BCUT2D eigenvalue weighted by molar-refractivity contribution is 0.506. The van der Waals surface area contributed by atoms with Crippen LogP contribution in [-0.2, 0) is 0 Å². The first-order valence-electron chi connectivity index (χ1n) is 4.49. The molecule has 0 aliphatic rings. The molecule has 1 aromatic rings. The number of hydrogen-bond donors (Lipinski definition) is 1. The van der Waals surface area contributed by atoms with E-state index in [1.165, 1.54) is 17.8 Å². The predicted molar refractivity (Wildman–Crippen MR) is 55.3 cm³/mol. The lowest BCUT2D eigenvalue weighted by Gasteiger charge is -2.11. The van der Waals surface area contributed by atoms with Crippen LogP contribution in [0.5, 0.6) is 0 Å². The third-order valence-electron chi connectivity index (χ3n) is 1.91. The molecule has 0 fully saturated rings. The zero-order chi connectivity index (χ0) is 10.6. The summed E-state index contributed by atoms with van der Waals surface area (Å²) in [6.45, 7) is 2.56. The standard InChI is InChI=1S/C10H13F2NS/c1-2-7(6-13)14-8-3-4-9(11)10(12)5-8/h3-5,7H,2,6,13H2,1H3. The molecule has 1 nitrogen and oxygen atoms in total. The van der Waals surface area contributed by atoms with Gasteiger partial charge in [-0.1, -0.05) is 6.92 Å². The average molecular weight is 217 g/mol. The number of hydrogen-bond acceptors (Lipinski definition) is 2. The second kappa shape index (κ2) is 5.32. The van der Waals surface area contributed by atoms with Crippen molar-refractivity contribution in [1.82, 2.24) is 0 Å². The quantitative estimate of drug-likeness (QED) is 0.785. The van der Waals surface area contributed by atoms with Crippen molar-refractivity contribution in [3.63, 3.8) is 0 Å². The Morgan fingerprint density at radius 3 is 2.57 bits per heavy atom. The second-order valence-corrected chi connectivity index (χ2v) is 4.33. The molecule has 0 amide bonds. The molecule has 4 heteroatoms. The minimum absolute atomic E-state index is 0.264. The molecule has 78 valence electrons. The highest BCUT2D eigenvalue weighted by atomic mass is 32.2. The van der Waals surface area contributed by atoms with Gasteiger partial charge in [0.2, 0.25) is 0 Å². The highest BCUT2D eigenvalue weighted by molar-refractivity contribution is 8.00. The summed E-state index contributed by atoms with van der Waals surface area (Å²) in [7, 11) is 0. The van der Waals surface area contributed by atoms with Gasteiger partial charge in [0.25, 0.3) is 0 Å². The Bertz CT molecular complexity index is 300. The highest BCUT2D eigenvalue weighted by Gasteiger charge is 2.08. The molecule has 0 saturated heterocycles. The lowest BCUT2D eigenvalue weighted by atomic mass is 10.3. The van der Waals surface area contributed by atoms with Crippen LogP contribution >= 0.6 is 11.8 Å². The minimum Gasteiger partial charge on any atom is -0.329 e. The normalized spacial score (nSPS) is 12.9. The molecular formula is C10H13F2NS. The van der Waals surface area contributed by atoms with Gasteiger partial charge in [-0.25, -0.2) is 8.78 Å². The van der Waals surface area contributed by atoms with Crippen molar-refractivity contribution < 1.29 is 8.78 Å². The Balaban J connectivity index is 2.72. The Morgan fingerprint density at radius 1 is 1.36 bits per heavy atom. The largest absolute Gasteiger partial charge is 0.329 e. The van der Waals surface area contributed by atoms with Crippen LogP contribution in [0.3, 0.4) is 0 Å². The molecule has 14 heavy (non-hydrogen) atoms. The van der Waals surface area contributed by atoms with Gasteiger partial charge in [-0.15, -0.1) is 11.8 Å². The fourth-order valence-corrected chi connectivity index (χ4v) is 2.01. The Hall–Kier alpha value is -0.610. The van der Waals surface area contributed by atoms with E-state index in [1.54, 1.807) is 6.07 Å². The first-order chi connectivity index (χ1) is 6.67. The number of thioether (sulfide) groups is 1. The third-order valence-corrected chi connectivity index (χ3v) is 3.30. The molecule has 0 bridgehead atoms. The van der Waals surface area contributed by atoms with Gasteiger partial charge in [0.05, 0.1) is 0 Å². The molecule has 2 N–H and O–H groups in total. The van der Waals surface area contributed by atoms with Gasteiger partial charge in [0.15, 0.2) is 11.6 Å². The van der Waals surface area contributed by atoms with E-state index < -0.39 is 11.6 Å². The average Bonchev–Trinajstić information content (AvgIpc) is 2.19. The summed E-state index contributed by atoms with van der Waals surface area (Å²) in [5.41, 5.74) is 5.51. The summed E-state index contributed by atoms with van der Waals surface area (Å²) in [4.78, 5) is 0.723. The van der Waals surface area contributed by atoms with Gasteiger partial charge in [-0.2, -0.15) is 0 Å². The molecule has 1 aromatic carbocycles. The van der Waals surface area contributed by atoms with E-state index in [2.05, 4.69) is 0 Å². The molecule has 1 atom stereocenters. The van der Waals surface area contributed by atoms with Crippen LogP contribution in [0.2, 0.25) is 0 Å². The van der Waals surface area contributed by atoms with Crippen molar-refractivity contribution in [3.8, 4) is 0 Å². The molecule has 0 aliphatic heterocycles. The highest BCUT2D eigenvalue weighted by Crippen LogP contribution is 2.25. The van der Waals surface area contributed by atoms with E-state index >= 15 is 0 Å². The van der Waals surface area contributed by atoms with E-state index in [0.717, 1.165) is 17.4 Å². The maximum atomic E-state index is 12.8. The van der Waals surface area contributed by atoms with Gasteiger partial charge >= 0.3 is 0 Å². The summed E-state index contributed by atoms with van der Waals surface area (Å²) < 4.78 is 25.4. The van der Waals surface area contributed by atoms with Crippen molar-refractivity contribution in [1.29, 1.82) is 0 Å². The molecule has 1 rings (SSSR count). The smallest absolute Gasteiger partial charge is 0.159 e. The van der Waals surface area contributed by atoms with Crippen molar-refractivity contribution in [2.45, 2.75) is 23.5 Å². The first-order valence-corrected chi connectivity index (χ1v) is 5.37. The van der Waals surface area contributed by atoms with E-state index in [0.29, 0.717) is 6.54 Å². The molecule has 0 aliphatic carbocycles. The van der Waals surface area contributed by atoms with Crippen LogP contribution in [0.15, 0.2) is 23.1 Å². The number of nitrogens with two attached hydrogens (primary N) is 1. The van der Waals surface area contributed by atoms with Gasteiger partial charge in [0.1, 0.15) is 0 Å². The van der Waals surface area contributed by atoms with E-state index in [4.69, 9.17) is 5.73 Å². The van der Waals surface area contributed by atoms with Crippen molar-refractivity contribution >= 4 is 11.8 Å². The maximum absolute atomic E-state index is 12.8. The van der Waals surface area contributed by atoms with E-state index in [9.17, 15) is 8.78 Å². The molecule has 0 saturated carbocycles. The fraction of sp³-hybridized carbons (Fsp3) is 0.400. The number of benzene rings is 1. The Morgan fingerprint density at radius 2 is 2.07 bits per heavy atom. The zero-order valence-electron chi connectivity index (χ0n) is 7.97. The van der Waals surface area contributed by atoms with Crippen LogP contribution in [0.4, 0.5) is 8.78 Å². The van der Waals surface area contributed by atoms with Crippen LogP contribution < -0.4 is 5.73 Å². The minimum atomic E-state index is -0.810. The summed E-state index contributed by atoms with van der Waals surface area (Å²) >= 11 is 1.48. The van der Waals surface area contributed by atoms with Gasteiger partial charge < -0.3 is 5.73 Å². The summed E-state index contributed by atoms with van der Waals surface area (Å²) in [5.74, 6) is -1.61. The van der Waals surface area contributed by atoms with E-state index in [-0.39, 0.29) is 5.25 Å². The maximum Gasteiger partial charge on any atom is 0.159 e. The zero-order valence-corrected chi connectivity index (χ0v) is 8.78. The third kappa shape index (κ3) is 2.96. The molecule has 0 radical (unpaired) electrons. The predicted octanol–water partition coefficient (Wildman–Crippen LogP) is 2.79. The molecular weight excluding hydrogens is 204 g/mol. The Kier molecular flexibility index (Phi) is 4.35. The number of rotatable bonds is 4. The number of halogens is 2. The van der Waals surface area contributed by atoms with Gasteiger partial charge in [0, 0.05) is 16.7 Å². The van der Waals surface area contributed by atoms with Crippen LogP contribution in [0, 0.1) is 11.6 Å². The van der Waals surface area contributed by atoms with Crippen molar-refractivity contribution in [2.75, 3.05) is 6.54 Å².